The normalized spacial score (nSPS) is 12.7. The van der Waals surface area contributed by atoms with E-state index in [2.05, 4.69) is 279 Å². The molecule has 15 rings (SSSR count). The Kier molecular flexibility index (Phi) is 8.87. The summed E-state index contributed by atoms with van der Waals surface area (Å²) >= 11 is 0. The Hall–Kier alpha value is -8.86. The van der Waals surface area contributed by atoms with Crippen molar-refractivity contribution >= 4 is 132 Å². The summed E-state index contributed by atoms with van der Waals surface area (Å²) < 4.78 is 5.28. The van der Waals surface area contributed by atoms with Crippen LogP contribution in [0.2, 0.25) is 0 Å². The van der Waals surface area contributed by atoms with Crippen LogP contribution in [0.15, 0.2) is 218 Å². The maximum absolute atomic E-state index is 2.64. The first-order valence-corrected chi connectivity index (χ1v) is 26.1. The molecule has 0 amide bonds. The Morgan fingerprint density at radius 2 is 0.689 bits per heavy atom. The molecule has 0 unspecified atom stereocenters. The van der Waals surface area contributed by atoms with Gasteiger partial charge in [-0.2, -0.15) is 0 Å². The van der Waals surface area contributed by atoms with Crippen LogP contribution in [0, 0.1) is 0 Å². The molecule has 0 bridgehead atoms. The van der Waals surface area contributed by atoms with Crippen molar-refractivity contribution in [2.24, 2.45) is 0 Å². The lowest BCUT2D eigenvalue weighted by Crippen LogP contribution is -2.15. The number of hydrogen-bond acceptors (Lipinski definition) is 2. The van der Waals surface area contributed by atoms with Gasteiger partial charge in [-0.05, 0) is 135 Å². The maximum atomic E-state index is 2.64. The summed E-state index contributed by atoms with van der Waals surface area (Å²) in [5, 5.41) is 15.1. The molecular weight excluding hydrogens is 897 g/mol. The van der Waals surface area contributed by atoms with Gasteiger partial charge in [0.25, 0.3) is 0 Å². The SMILES string of the molecule is CC(C)(C)c1cc(N(c2ccccc2)c2ccccc2)c2c(c1)c1c3ccccc3cc3c4cc5c(cc4n2c31)c1cc(C(C)(C)C)cc2c3cc4ccccc4c(N(c4ccccc4)c4ccccc4)c3n5c12. The van der Waals surface area contributed by atoms with E-state index >= 15 is 0 Å². The molecule has 74 heavy (non-hydrogen) atoms. The molecule has 0 N–H and O–H groups in total. The fraction of sp³-hybridized carbons (Fsp3) is 0.114. The van der Waals surface area contributed by atoms with Gasteiger partial charge in [-0.3, -0.25) is 0 Å². The Morgan fingerprint density at radius 3 is 1.22 bits per heavy atom. The predicted octanol–water partition coefficient (Wildman–Crippen LogP) is 19.8. The van der Waals surface area contributed by atoms with Crippen molar-refractivity contribution in [2.45, 2.75) is 52.4 Å². The average molecular weight is 951 g/mol. The first-order chi connectivity index (χ1) is 36.0. The first-order valence-electron chi connectivity index (χ1n) is 26.1. The van der Waals surface area contributed by atoms with Gasteiger partial charge in [0.05, 0.1) is 44.5 Å². The largest absolute Gasteiger partial charge is 0.308 e. The second-order valence-corrected chi connectivity index (χ2v) is 22.6. The highest BCUT2D eigenvalue weighted by atomic mass is 15.2. The van der Waals surface area contributed by atoms with Crippen molar-refractivity contribution in [3.8, 4) is 0 Å². The number of rotatable bonds is 6. The summed E-state index contributed by atoms with van der Waals surface area (Å²) in [7, 11) is 0. The molecular formula is C70H54N4. The molecule has 4 heteroatoms. The van der Waals surface area contributed by atoms with Crippen LogP contribution in [-0.2, 0) is 10.8 Å². The van der Waals surface area contributed by atoms with E-state index in [4.69, 9.17) is 0 Å². The molecule has 0 fully saturated rings. The van der Waals surface area contributed by atoms with Crippen LogP contribution in [0.5, 0.6) is 0 Å². The van der Waals surface area contributed by atoms with Crippen LogP contribution < -0.4 is 9.80 Å². The minimum atomic E-state index is -0.118. The molecule has 354 valence electrons. The molecule has 0 aliphatic rings. The molecule has 0 spiro atoms. The summed E-state index contributed by atoms with van der Waals surface area (Å²) in [6, 6.07) is 81.7. The summed E-state index contributed by atoms with van der Waals surface area (Å²) in [5.74, 6) is 0. The monoisotopic (exact) mass is 950 g/mol. The zero-order chi connectivity index (χ0) is 49.8. The van der Waals surface area contributed by atoms with Crippen LogP contribution in [0.1, 0.15) is 52.7 Å². The van der Waals surface area contributed by atoms with Gasteiger partial charge < -0.3 is 18.6 Å². The topological polar surface area (TPSA) is 15.3 Å². The molecule has 15 aromatic rings. The Bertz CT molecular complexity index is 4630. The molecule has 0 atom stereocenters. The van der Waals surface area contributed by atoms with Gasteiger partial charge in [-0.25, -0.2) is 0 Å². The Labute approximate surface area is 430 Å². The highest BCUT2D eigenvalue weighted by Gasteiger charge is 2.31. The standard InChI is InChI=1S/C70H54N4/c1-69(2,3)45-37-57-54-42-61-53(41-60(54)73-64(57)58(38-45)56-36-44-24-20-22-34-52(44)67(68(56)73)72(49-29-15-9-16-30-49)50-31-17-10-18-32-50)55-35-43-23-19-21-33-51(43)63-59-39-46(70(4,5)6)40-62(65(59)74(61)66(55)63)71(47-25-11-7-12-26-47)48-27-13-8-14-28-48/h7-42H,1-6H3. The second kappa shape index (κ2) is 15.3. The maximum Gasteiger partial charge on any atom is 0.0789 e. The van der Waals surface area contributed by atoms with Gasteiger partial charge in [0, 0.05) is 71.2 Å². The minimum Gasteiger partial charge on any atom is -0.308 e. The Balaban J connectivity index is 1.17. The van der Waals surface area contributed by atoms with Crippen molar-refractivity contribution in [2.75, 3.05) is 9.80 Å². The molecule has 4 heterocycles. The van der Waals surface area contributed by atoms with E-state index in [1.165, 1.54) is 115 Å². The predicted molar refractivity (Wildman–Crippen MR) is 318 cm³/mol. The van der Waals surface area contributed by atoms with Crippen LogP contribution >= 0.6 is 0 Å². The molecule has 0 aliphatic carbocycles. The third-order valence-electron chi connectivity index (χ3n) is 16.1. The minimum absolute atomic E-state index is 0.102. The number of hydrogen-bond donors (Lipinski definition) is 0. The number of fused-ring (bicyclic) bond motifs is 15. The molecule has 0 radical (unpaired) electrons. The lowest BCUT2D eigenvalue weighted by atomic mass is 9.85. The highest BCUT2D eigenvalue weighted by Crippen LogP contribution is 2.53. The van der Waals surface area contributed by atoms with Gasteiger partial charge in [0.15, 0.2) is 0 Å². The van der Waals surface area contributed by atoms with Crippen molar-refractivity contribution in [1.82, 2.24) is 8.80 Å². The molecule has 4 aromatic heterocycles. The number of benzene rings is 11. The molecule has 0 saturated heterocycles. The zero-order valence-corrected chi connectivity index (χ0v) is 42.6. The van der Waals surface area contributed by atoms with Crippen LogP contribution in [-0.4, -0.2) is 8.80 Å². The van der Waals surface area contributed by atoms with E-state index in [1.807, 2.05) is 0 Å². The third kappa shape index (κ3) is 6.03. The average Bonchev–Trinajstić information content (AvgIpc) is 4.18. The van der Waals surface area contributed by atoms with Crippen molar-refractivity contribution in [3.05, 3.63) is 230 Å². The van der Waals surface area contributed by atoms with Crippen LogP contribution in [0.25, 0.3) is 97.7 Å². The molecule has 0 saturated carbocycles. The molecule has 4 nitrogen and oxygen atoms in total. The fourth-order valence-electron chi connectivity index (χ4n) is 12.6. The van der Waals surface area contributed by atoms with Crippen LogP contribution in [0.4, 0.5) is 34.1 Å². The number of anilines is 6. The summed E-state index contributed by atoms with van der Waals surface area (Å²) in [6.45, 7) is 14.1. The van der Waals surface area contributed by atoms with Crippen molar-refractivity contribution in [3.63, 3.8) is 0 Å². The van der Waals surface area contributed by atoms with Gasteiger partial charge in [0.2, 0.25) is 0 Å². The highest BCUT2D eigenvalue weighted by molar-refractivity contribution is 6.35. The van der Waals surface area contributed by atoms with Gasteiger partial charge in [0.1, 0.15) is 0 Å². The van der Waals surface area contributed by atoms with E-state index in [0.717, 1.165) is 28.4 Å². The lowest BCUT2D eigenvalue weighted by molar-refractivity contribution is 0.591. The number of aromatic nitrogens is 2. The third-order valence-corrected chi connectivity index (χ3v) is 16.1. The zero-order valence-electron chi connectivity index (χ0n) is 42.6. The second-order valence-electron chi connectivity index (χ2n) is 22.6. The summed E-state index contributed by atoms with van der Waals surface area (Å²) in [6.07, 6.45) is 0. The van der Waals surface area contributed by atoms with Crippen molar-refractivity contribution < 1.29 is 0 Å². The molecule has 11 aromatic carbocycles. The van der Waals surface area contributed by atoms with E-state index in [1.54, 1.807) is 0 Å². The Morgan fingerprint density at radius 1 is 0.297 bits per heavy atom. The van der Waals surface area contributed by atoms with Gasteiger partial charge in [-0.15, -0.1) is 0 Å². The molecule has 0 aliphatic heterocycles. The fourth-order valence-corrected chi connectivity index (χ4v) is 12.6. The lowest BCUT2D eigenvalue weighted by Gasteiger charge is -2.29. The summed E-state index contributed by atoms with van der Waals surface area (Å²) in [4.78, 5) is 4.98. The quantitative estimate of drug-likeness (QED) is 0.165. The first kappa shape index (κ1) is 42.8. The van der Waals surface area contributed by atoms with Crippen molar-refractivity contribution in [1.29, 1.82) is 0 Å². The van der Waals surface area contributed by atoms with Gasteiger partial charge in [-0.1, -0.05) is 163 Å². The smallest absolute Gasteiger partial charge is 0.0789 e. The van der Waals surface area contributed by atoms with E-state index < -0.39 is 0 Å². The van der Waals surface area contributed by atoms with Crippen LogP contribution in [0.3, 0.4) is 0 Å². The van der Waals surface area contributed by atoms with E-state index in [-0.39, 0.29) is 10.8 Å². The van der Waals surface area contributed by atoms with E-state index in [9.17, 15) is 0 Å². The summed E-state index contributed by atoms with van der Waals surface area (Å²) in [5.41, 5.74) is 16.6. The number of nitrogens with zero attached hydrogens (tertiary/aromatic N) is 4. The van der Waals surface area contributed by atoms with E-state index in [0.29, 0.717) is 0 Å². The van der Waals surface area contributed by atoms with Gasteiger partial charge >= 0.3 is 0 Å². The number of para-hydroxylation sites is 4.